The van der Waals surface area contributed by atoms with Crippen LogP contribution in [0.15, 0.2) is 58.2 Å². The Kier molecular flexibility index (Phi) is 5.55. The second-order valence-electron chi connectivity index (χ2n) is 7.48. The highest BCUT2D eigenvalue weighted by atomic mass is 32.2. The van der Waals surface area contributed by atoms with Crippen molar-refractivity contribution in [2.45, 2.75) is 19.1 Å². The second-order valence-corrected chi connectivity index (χ2v) is 8.40. The van der Waals surface area contributed by atoms with E-state index in [4.69, 9.17) is 18.6 Å². The number of Topliss-reactive ketones (excluding diaryl/α,β-unsaturated/α-hetero) is 1. The number of aromatic nitrogens is 2. The lowest BCUT2D eigenvalue weighted by molar-refractivity contribution is -0.139. The van der Waals surface area contributed by atoms with Crippen LogP contribution in [0.1, 0.15) is 21.7 Å². The van der Waals surface area contributed by atoms with Crippen molar-refractivity contribution in [2.24, 2.45) is 0 Å². The molecule has 0 aliphatic carbocycles. The molecule has 33 heavy (non-hydrogen) atoms. The summed E-state index contributed by atoms with van der Waals surface area (Å²) in [6.45, 7) is 3.63. The van der Waals surface area contributed by atoms with Crippen molar-refractivity contribution in [3.8, 4) is 17.2 Å². The highest BCUT2D eigenvalue weighted by Gasteiger charge is 2.20. The van der Waals surface area contributed by atoms with E-state index in [0.717, 1.165) is 34.4 Å². The number of rotatable bonds is 7. The molecule has 0 atom stereocenters. The van der Waals surface area contributed by atoms with Gasteiger partial charge in [0.2, 0.25) is 12.6 Å². The largest absolute Gasteiger partial charge is 0.457 e. The van der Waals surface area contributed by atoms with Gasteiger partial charge in [-0.25, -0.2) is 4.98 Å². The first-order valence-electron chi connectivity index (χ1n) is 10.3. The molecule has 3 heterocycles. The minimum absolute atomic E-state index is 0.00365. The molecule has 0 N–H and O–H groups in total. The summed E-state index contributed by atoms with van der Waals surface area (Å²) in [4.78, 5) is 29.2. The number of aryl methyl sites for hydroxylation is 1. The van der Waals surface area contributed by atoms with Crippen LogP contribution in [-0.2, 0) is 9.53 Å². The fourth-order valence-electron chi connectivity index (χ4n) is 3.77. The molecule has 0 saturated heterocycles. The highest BCUT2D eigenvalue weighted by Crippen LogP contribution is 2.35. The molecule has 168 valence electrons. The van der Waals surface area contributed by atoms with E-state index in [9.17, 15) is 9.59 Å². The Morgan fingerprint density at radius 2 is 1.91 bits per heavy atom. The van der Waals surface area contributed by atoms with Gasteiger partial charge in [-0.1, -0.05) is 23.9 Å². The standard InChI is InChI=1S/C24H20N2O6S/c1-14-9-17(15(2)26(14)16-7-8-21-22(10-16)31-13-30-21)19(27)11-29-23(28)12-33-24-25-18-5-3-4-6-20(18)32-24/h3-10H,11-13H2,1-2H3. The fraction of sp³-hybridized carbons (Fsp3) is 0.208. The molecular weight excluding hydrogens is 444 g/mol. The lowest BCUT2D eigenvalue weighted by Gasteiger charge is -2.11. The Morgan fingerprint density at radius 3 is 2.76 bits per heavy atom. The van der Waals surface area contributed by atoms with Crippen molar-refractivity contribution in [1.29, 1.82) is 0 Å². The van der Waals surface area contributed by atoms with E-state index >= 15 is 0 Å². The summed E-state index contributed by atoms with van der Waals surface area (Å²) in [7, 11) is 0. The molecule has 2 aromatic heterocycles. The minimum atomic E-state index is -0.514. The van der Waals surface area contributed by atoms with E-state index in [1.807, 2.05) is 60.9 Å². The number of thioether (sulfide) groups is 1. The molecule has 0 radical (unpaired) electrons. The zero-order valence-electron chi connectivity index (χ0n) is 18.0. The molecule has 0 bridgehead atoms. The van der Waals surface area contributed by atoms with Gasteiger partial charge < -0.3 is 23.2 Å². The maximum Gasteiger partial charge on any atom is 0.316 e. The van der Waals surface area contributed by atoms with E-state index in [1.165, 1.54) is 0 Å². The molecule has 0 amide bonds. The first-order valence-corrected chi connectivity index (χ1v) is 11.2. The summed E-state index contributed by atoms with van der Waals surface area (Å²) >= 11 is 1.13. The predicted octanol–water partition coefficient (Wildman–Crippen LogP) is 4.48. The van der Waals surface area contributed by atoms with Crippen LogP contribution in [0.3, 0.4) is 0 Å². The molecule has 9 heteroatoms. The van der Waals surface area contributed by atoms with Gasteiger partial charge in [-0.2, -0.15) is 0 Å². The van der Waals surface area contributed by atoms with E-state index in [-0.39, 0.29) is 24.9 Å². The third kappa shape index (κ3) is 4.19. The van der Waals surface area contributed by atoms with Gasteiger partial charge in [-0.3, -0.25) is 9.59 Å². The number of oxazole rings is 1. The average molecular weight is 464 g/mol. The zero-order chi connectivity index (χ0) is 22.9. The Balaban J connectivity index is 1.22. The van der Waals surface area contributed by atoms with Crippen LogP contribution in [0.25, 0.3) is 16.8 Å². The third-order valence-electron chi connectivity index (χ3n) is 5.30. The Morgan fingerprint density at radius 1 is 1.09 bits per heavy atom. The predicted molar refractivity (Wildman–Crippen MR) is 121 cm³/mol. The number of fused-ring (bicyclic) bond motifs is 2. The smallest absolute Gasteiger partial charge is 0.316 e. The van der Waals surface area contributed by atoms with Crippen LogP contribution in [-0.4, -0.2) is 40.5 Å². The summed E-state index contributed by atoms with van der Waals surface area (Å²) < 4.78 is 23.6. The topological polar surface area (TPSA) is 92.8 Å². The number of esters is 1. The van der Waals surface area contributed by atoms with Crippen molar-refractivity contribution in [2.75, 3.05) is 19.2 Å². The molecular formula is C24H20N2O6S. The van der Waals surface area contributed by atoms with E-state index in [0.29, 0.717) is 27.9 Å². The zero-order valence-corrected chi connectivity index (χ0v) is 18.8. The quantitative estimate of drug-likeness (QED) is 0.225. The molecule has 0 spiro atoms. The van der Waals surface area contributed by atoms with E-state index < -0.39 is 5.97 Å². The lowest BCUT2D eigenvalue weighted by atomic mass is 10.1. The molecule has 1 aliphatic rings. The maximum atomic E-state index is 12.8. The molecule has 1 aliphatic heterocycles. The summed E-state index contributed by atoms with van der Waals surface area (Å²) in [6.07, 6.45) is 0. The number of ketones is 1. The van der Waals surface area contributed by atoms with Crippen LogP contribution in [0.4, 0.5) is 0 Å². The summed E-state index contributed by atoms with van der Waals surface area (Å²) in [5.74, 6) is 0.574. The van der Waals surface area contributed by atoms with Crippen LogP contribution in [0, 0.1) is 13.8 Å². The lowest BCUT2D eigenvalue weighted by Crippen LogP contribution is -2.16. The van der Waals surface area contributed by atoms with Crippen LogP contribution < -0.4 is 9.47 Å². The first-order chi connectivity index (χ1) is 16.0. The molecule has 8 nitrogen and oxygen atoms in total. The third-order valence-corrected chi connectivity index (χ3v) is 6.10. The van der Waals surface area contributed by atoms with Gasteiger partial charge in [0.05, 0.1) is 0 Å². The van der Waals surface area contributed by atoms with Gasteiger partial charge in [0.25, 0.3) is 5.22 Å². The average Bonchev–Trinajstić information content (AvgIpc) is 3.52. The Bertz CT molecular complexity index is 1340. The monoisotopic (exact) mass is 464 g/mol. The van der Waals surface area contributed by atoms with E-state index in [1.54, 1.807) is 6.07 Å². The molecule has 0 saturated carbocycles. The van der Waals surface area contributed by atoms with E-state index in [2.05, 4.69) is 4.98 Å². The number of carbonyl (C=O) groups is 2. The molecule has 5 rings (SSSR count). The number of para-hydroxylation sites is 2. The number of hydrogen-bond donors (Lipinski definition) is 0. The van der Waals surface area contributed by atoms with Crippen LogP contribution >= 0.6 is 11.8 Å². The van der Waals surface area contributed by atoms with Gasteiger partial charge >= 0.3 is 5.97 Å². The highest BCUT2D eigenvalue weighted by molar-refractivity contribution is 7.99. The van der Waals surface area contributed by atoms with Crippen LogP contribution in [0.5, 0.6) is 11.5 Å². The SMILES string of the molecule is Cc1cc(C(=O)COC(=O)CSc2nc3ccccc3o2)c(C)n1-c1ccc2c(c1)OCO2. The van der Waals surface area contributed by atoms with Crippen molar-refractivity contribution in [3.05, 3.63) is 65.5 Å². The summed E-state index contributed by atoms with van der Waals surface area (Å²) in [5, 5.41) is 0.381. The Hall–Kier alpha value is -3.72. The summed E-state index contributed by atoms with van der Waals surface area (Å²) in [6, 6.07) is 14.8. The van der Waals surface area contributed by atoms with Crippen molar-refractivity contribution in [1.82, 2.24) is 9.55 Å². The first kappa shape index (κ1) is 21.1. The van der Waals surface area contributed by atoms with Crippen LogP contribution in [0.2, 0.25) is 0 Å². The van der Waals surface area contributed by atoms with Gasteiger partial charge in [-0.05, 0) is 44.2 Å². The van der Waals surface area contributed by atoms with Gasteiger partial charge in [0, 0.05) is 28.7 Å². The number of carbonyl (C=O) groups excluding carboxylic acids is 2. The minimum Gasteiger partial charge on any atom is -0.457 e. The number of hydrogen-bond acceptors (Lipinski definition) is 8. The Labute approximate surface area is 193 Å². The van der Waals surface area contributed by atoms with Crippen molar-refractivity contribution < 1.29 is 28.2 Å². The number of nitrogens with zero attached hydrogens (tertiary/aromatic N) is 2. The summed E-state index contributed by atoms with van der Waals surface area (Å²) in [5.41, 5.74) is 4.38. The van der Waals surface area contributed by atoms with Crippen molar-refractivity contribution >= 4 is 34.6 Å². The normalized spacial score (nSPS) is 12.3. The van der Waals surface area contributed by atoms with Crippen molar-refractivity contribution in [3.63, 3.8) is 0 Å². The second kappa shape index (κ2) is 8.67. The van der Waals surface area contributed by atoms with Gasteiger partial charge in [0.1, 0.15) is 11.3 Å². The maximum absolute atomic E-state index is 12.8. The van der Waals surface area contributed by atoms with Gasteiger partial charge in [-0.15, -0.1) is 0 Å². The molecule has 0 unspecified atom stereocenters. The molecule has 2 aromatic carbocycles. The molecule has 0 fully saturated rings. The number of ether oxygens (including phenoxy) is 3. The van der Waals surface area contributed by atoms with Gasteiger partial charge in [0.15, 0.2) is 23.7 Å². The number of benzene rings is 2. The molecule has 4 aromatic rings. The fourth-order valence-corrected chi connectivity index (χ4v) is 4.40.